The van der Waals surface area contributed by atoms with Crippen molar-refractivity contribution in [2.45, 2.75) is 12.5 Å². The highest BCUT2D eigenvalue weighted by molar-refractivity contribution is 6.34. The number of methoxy groups -OCH3 is 2. The molecule has 0 unspecified atom stereocenters. The molecule has 10 nitrogen and oxygen atoms in total. The van der Waals surface area contributed by atoms with E-state index in [0.29, 0.717) is 38.3 Å². The van der Waals surface area contributed by atoms with Crippen LogP contribution in [-0.2, 0) is 11.2 Å². The van der Waals surface area contributed by atoms with Crippen molar-refractivity contribution in [3.05, 3.63) is 129 Å². The fraction of sp³-hybridized carbons (Fsp3) is 0.114. The maximum Gasteiger partial charge on any atom is 0.341 e. The van der Waals surface area contributed by atoms with E-state index in [1.165, 1.54) is 14.2 Å². The Morgan fingerprint density at radius 2 is 1.42 bits per heavy atom. The van der Waals surface area contributed by atoms with Gasteiger partial charge < -0.3 is 25.0 Å². The molecule has 0 saturated heterocycles. The summed E-state index contributed by atoms with van der Waals surface area (Å²) in [6.07, 6.45) is 1.38. The molecular formula is C35H24ClF4N3O7. The number of aromatic nitrogens is 1. The third-order valence-corrected chi connectivity index (χ3v) is 7.52. The third kappa shape index (κ3) is 8.08. The van der Waals surface area contributed by atoms with Crippen LogP contribution in [0.3, 0.4) is 0 Å². The molecule has 50 heavy (non-hydrogen) atoms. The van der Waals surface area contributed by atoms with Gasteiger partial charge in [-0.1, -0.05) is 41.9 Å². The summed E-state index contributed by atoms with van der Waals surface area (Å²) in [5, 5.41) is 21.3. The second kappa shape index (κ2) is 15.8. The molecule has 1 aromatic heterocycles. The van der Waals surface area contributed by atoms with Gasteiger partial charge in [0.1, 0.15) is 51.9 Å². The van der Waals surface area contributed by atoms with Crippen molar-refractivity contribution in [3.8, 4) is 22.6 Å². The molecule has 0 aliphatic carbocycles. The molecule has 1 heterocycles. The molecule has 0 radical (unpaired) electrons. The first-order valence-corrected chi connectivity index (χ1v) is 14.5. The number of carboxylic acid groups (broad SMARTS) is 2. The van der Waals surface area contributed by atoms with Gasteiger partial charge in [0.25, 0.3) is 5.91 Å². The Bertz CT molecular complexity index is 2130. The van der Waals surface area contributed by atoms with Gasteiger partial charge >= 0.3 is 11.9 Å². The van der Waals surface area contributed by atoms with Crippen LogP contribution in [0.5, 0.6) is 11.5 Å². The van der Waals surface area contributed by atoms with Gasteiger partial charge in [-0.15, -0.1) is 0 Å². The van der Waals surface area contributed by atoms with E-state index in [1.807, 2.05) is 0 Å². The Morgan fingerprint density at radius 1 is 0.860 bits per heavy atom. The number of pyridine rings is 1. The van der Waals surface area contributed by atoms with E-state index in [9.17, 15) is 37.1 Å². The molecule has 256 valence electrons. The van der Waals surface area contributed by atoms with Crippen LogP contribution < -0.4 is 14.8 Å². The zero-order chi connectivity index (χ0) is 36.7. The third-order valence-electron chi connectivity index (χ3n) is 7.20. The first-order valence-electron chi connectivity index (χ1n) is 14.2. The van der Waals surface area contributed by atoms with E-state index in [-0.39, 0.29) is 17.9 Å². The Kier molecular flexibility index (Phi) is 11.6. The lowest BCUT2D eigenvalue weighted by Crippen LogP contribution is -2.43. The fourth-order valence-electron chi connectivity index (χ4n) is 4.83. The zero-order valence-electron chi connectivity index (χ0n) is 25.9. The lowest BCUT2D eigenvalue weighted by atomic mass is 9.95. The van der Waals surface area contributed by atoms with E-state index >= 15 is 0 Å². The van der Waals surface area contributed by atoms with Crippen molar-refractivity contribution in [2.24, 2.45) is 0 Å². The molecule has 5 rings (SSSR count). The minimum atomic E-state index is -1.64. The van der Waals surface area contributed by atoms with Crippen molar-refractivity contribution >= 4 is 46.0 Å². The van der Waals surface area contributed by atoms with Crippen molar-refractivity contribution in [2.75, 3.05) is 14.2 Å². The predicted octanol–water partition coefficient (Wildman–Crippen LogP) is 7.49. The molecule has 0 aliphatic rings. The number of fused-ring (bicyclic) bond motifs is 1. The van der Waals surface area contributed by atoms with E-state index in [0.717, 1.165) is 24.3 Å². The van der Waals surface area contributed by atoms with Gasteiger partial charge in [-0.25, -0.2) is 32.0 Å². The number of halogens is 5. The number of aliphatic carboxylic acids is 1. The number of carbonyl (C=O) groups excluding carboxylic acids is 1. The molecule has 4 aromatic carbocycles. The number of ether oxygens (including phenoxy) is 2. The Labute approximate surface area is 286 Å². The first kappa shape index (κ1) is 36.6. The number of hydrogen-bond acceptors (Lipinski definition) is 6. The van der Waals surface area contributed by atoms with Crippen molar-refractivity contribution in [3.63, 3.8) is 0 Å². The summed E-state index contributed by atoms with van der Waals surface area (Å²) in [4.78, 5) is 42.8. The van der Waals surface area contributed by atoms with Gasteiger partial charge in [0, 0.05) is 52.9 Å². The van der Waals surface area contributed by atoms with E-state index in [2.05, 4.69) is 19.9 Å². The van der Waals surface area contributed by atoms with Crippen LogP contribution in [0, 0.1) is 29.8 Å². The largest absolute Gasteiger partial charge is 0.497 e. The number of nitrogens with zero attached hydrogens (tertiary/aromatic N) is 2. The standard InChI is InChI=1S/C27H18ClF2N3O4.C8H6F2O3/c1-31-15-6-8-18(20(28)11-15)19-7-5-14(17-4-3-9-32-25(17)19)10-23(27(35)36)33-26(34)24-21(29)12-16(37-2)13-22(24)30;1-13-4-2-5(9)7(8(11)12)6(10)3-4/h3-9,11-13,23H,10H2,2H3,(H,33,34)(H,35,36);2-3H,1H3,(H,11,12)/t23-;/m0./s1. The minimum absolute atomic E-state index is 0.0556. The Morgan fingerprint density at radius 3 is 1.92 bits per heavy atom. The second-order valence-electron chi connectivity index (χ2n) is 10.3. The molecule has 1 atom stereocenters. The van der Waals surface area contributed by atoms with E-state index < -0.39 is 58.3 Å². The van der Waals surface area contributed by atoms with Crippen molar-refractivity contribution < 1.29 is 51.6 Å². The van der Waals surface area contributed by atoms with Crippen molar-refractivity contribution in [1.29, 1.82) is 0 Å². The molecule has 1 amide bonds. The average Bonchev–Trinajstić information content (AvgIpc) is 3.07. The Hall–Kier alpha value is -6.20. The number of nitrogens with one attached hydrogen (secondary N) is 1. The highest BCUT2D eigenvalue weighted by Gasteiger charge is 2.27. The summed E-state index contributed by atoms with van der Waals surface area (Å²) >= 11 is 6.40. The predicted molar refractivity (Wildman–Crippen MR) is 174 cm³/mol. The summed E-state index contributed by atoms with van der Waals surface area (Å²) in [6, 6.07) is 13.5. The molecule has 5 aromatic rings. The number of rotatable bonds is 9. The highest BCUT2D eigenvalue weighted by atomic mass is 35.5. The highest BCUT2D eigenvalue weighted by Crippen LogP contribution is 2.36. The van der Waals surface area contributed by atoms with Gasteiger partial charge in [0.05, 0.1) is 26.3 Å². The number of carbonyl (C=O) groups is 3. The van der Waals surface area contributed by atoms with Gasteiger partial charge in [-0.2, -0.15) is 0 Å². The van der Waals surface area contributed by atoms with Gasteiger partial charge in [0.15, 0.2) is 5.69 Å². The number of benzene rings is 4. The van der Waals surface area contributed by atoms with Crippen LogP contribution in [-0.4, -0.2) is 53.3 Å². The lowest BCUT2D eigenvalue weighted by Gasteiger charge is -2.18. The van der Waals surface area contributed by atoms with Gasteiger partial charge in [-0.3, -0.25) is 9.78 Å². The number of carboxylic acids is 2. The number of amides is 1. The van der Waals surface area contributed by atoms with Crippen LogP contribution in [0.2, 0.25) is 5.02 Å². The van der Waals surface area contributed by atoms with Crippen LogP contribution in [0.25, 0.3) is 26.9 Å². The SMILES string of the molecule is COc1cc(F)c(C(=O)O)c(F)c1.[C-]#[N+]c1ccc(-c2ccc(C[C@H](NC(=O)c3c(F)cc(OC)cc3F)C(=O)O)c3cccnc23)c(Cl)c1. The number of hydrogen-bond donors (Lipinski definition) is 3. The number of aromatic carboxylic acids is 1. The summed E-state index contributed by atoms with van der Waals surface area (Å²) in [7, 11) is 2.45. The summed E-state index contributed by atoms with van der Waals surface area (Å²) in [6.45, 7) is 7.15. The lowest BCUT2D eigenvalue weighted by molar-refractivity contribution is -0.139. The molecular weight excluding hydrogens is 686 g/mol. The molecule has 15 heteroatoms. The average molecular weight is 710 g/mol. The summed E-state index contributed by atoms with van der Waals surface area (Å²) < 4.78 is 63.7. The molecule has 0 saturated carbocycles. The maximum absolute atomic E-state index is 14.4. The molecule has 3 N–H and O–H groups in total. The molecule has 0 aliphatic heterocycles. The molecule has 0 spiro atoms. The quantitative estimate of drug-likeness (QED) is 0.106. The van der Waals surface area contributed by atoms with Crippen molar-refractivity contribution in [1.82, 2.24) is 10.3 Å². The maximum atomic E-state index is 14.4. The van der Waals surface area contributed by atoms with Gasteiger partial charge in [0.2, 0.25) is 0 Å². The topological polar surface area (TPSA) is 139 Å². The zero-order valence-corrected chi connectivity index (χ0v) is 26.7. The fourth-order valence-corrected chi connectivity index (χ4v) is 5.10. The second-order valence-corrected chi connectivity index (χ2v) is 10.7. The van der Waals surface area contributed by atoms with Crippen LogP contribution in [0.1, 0.15) is 26.3 Å². The summed E-state index contributed by atoms with van der Waals surface area (Å²) in [5.41, 5.74) is 0.862. The smallest absolute Gasteiger partial charge is 0.341 e. The first-order chi connectivity index (χ1) is 23.8. The minimum Gasteiger partial charge on any atom is -0.497 e. The van der Waals surface area contributed by atoms with Gasteiger partial charge in [-0.05, 0) is 23.3 Å². The molecule has 0 fully saturated rings. The normalized spacial score (nSPS) is 11.1. The summed E-state index contributed by atoms with van der Waals surface area (Å²) in [5.74, 6) is -9.08. The molecule has 0 bridgehead atoms. The van der Waals surface area contributed by atoms with Crippen LogP contribution in [0.15, 0.2) is 72.9 Å². The van der Waals surface area contributed by atoms with Crippen LogP contribution in [0.4, 0.5) is 23.2 Å². The van der Waals surface area contributed by atoms with E-state index in [4.69, 9.17) is 28.0 Å². The monoisotopic (exact) mass is 709 g/mol. The van der Waals surface area contributed by atoms with E-state index in [1.54, 1.807) is 48.7 Å². The Balaban J connectivity index is 0.000000363. The van der Waals surface area contributed by atoms with Crippen LogP contribution >= 0.6 is 11.6 Å².